The van der Waals surface area contributed by atoms with Crippen LogP contribution in [0, 0.1) is 29.2 Å². The van der Waals surface area contributed by atoms with Gasteiger partial charge >= 0.3 is 0 Å². The quantitative estimate of drug-likeness (QED) is 0.206. The predicted octanol–water partition coefficient (Wildman–Crippen LogP) is 6.70. The second kappa shape index (κ2) is 10.3. The summed E-state index contributed by atoms with van der Waals surface area (Å²) in [6.45, 7) is 6.75. The van der Waals surface area contributed by atoms with Gasteiger partial charge in [0, 0.05) is 49.8 Å². The summed E-state index contributed by atoms with van der Waals surface area (Å²) >= 11 is 0. The number of pyridine rings is 2. The Kier molecular flexibility index (Phi) is 7.72. The fourth-order valence-electron chi connectivity index (χ4n) is 3.51. The van der Waals surface area contributed by atoms with Gasteiger partial charge in [-0.25, -0.2) is 0 Å². The Balaban J connectivity index is 0.000000186. The van der Waals surface area contributed by atoms with E-state index in [4.69, 9.17) is 0 Å². The van der Waals surface area contributed by atoms with Crippen LogP contribution in [0.5, 0.6) is 0 Å². The maximum Gasteiger partial charge on any atom is 0.0605 e. The molecule has 0 aliphatic carbocycles. The summed E-state index contributed by atoms with van der Waals surface area (Å²) in [6, 6.07) is 21.0. The SMILES string of the molecule is CC(C)(C)Cc1cnc2c3[c-]cccc3ccn12.Fc1c[c-]c(-c2ccccn2)c(F)c1.[Ir]. The van der Waals surface area contributed by atoms with Gasteiger partial charge in [0.25, 0.3) is 0 Å². The van der Waals surface area contributed by atoms with Gasteiger partial charge in [0.15, 0.2) is 0 Å². The molecule has 1 radical (unpaired) electrons. The molecule has 0 aliphatic heterocycles. The summed E-state index contributed by atoms with van der Waals surface area (Å²) in [7, 11) is 0. The van der Waals surface area contributed by atoms with Gasteiger partial charge in [0.05, 0.1) is 5.65 Å². The maximum absolute atomic E-state index is 13.2. The molecule has 171 valence electrons. The van der Waals surface area contributed by atoms with Crippen molar-refractivity contribution < 1.29 is 28.9 Å². The molecule has 0 spiro atoms. The van der Waals surface area contributed by atoms with E-state index in [1.807, 2.05) is 18.3 Å². The average molecular weight is 620 g/mol. The van der Waals surface area contributed by atoms with Crippen molar-refractivity contribution in [3.8, 4) is 11.3 Å². The van der Waals surface area contributed by atoms with Gasteiger partial charge in [-0.1, -0.05) is 50.6 Å². The first-order valence-corrected chi connectivity index (χ1v) is 10.4. The molecule has 5 rings (SSSR count). The zero-order valence-corrected chi connectivity index (χ0v) is 21.0. The first-order valence-electron chi connectivity index (χ1n) is 10.4. The van der Waals surface area contributed by atoms with E-state index in [0.29, 0.717) is 5.69 Å². The Hall–Kier alpha value is -2.95. The van der Waals surface area contributed by atoms with Crippen LogP contribution in [0.15, 0.2) is 73.2 Å². The largest absolute Gasteiger partial charge is 0.344 e. The van der Waals surface area contributed by atoms with E-state index >= 15 is 0 Å². The van der Waals surface area contributed by atoms with Crippen molar-refractivity contribution in [1.29, 1.82) is 0 Å². The van der Waals surface area contributed by atoms with Gasteiger partial charge in [-0.05, 0) is 29.8 Å². The van der Waals surface area contributed by atoms with Gasteiger partial charge in [-0.2, -0.15) is 0 Å². The third kappa shape index (κ3) is 5.89. The van der Waals surface area contributed by atoms with Crippen molar-refractivity contribution in [3.63, 3.8) is 0 Å². The van der Waals surface area contributed by atoms with Crippen molar-refractivity contribution in [2.75, 3.05) is 0 Å². The smallest absolute Gasteiger partial charge is 0.0605 e. The average Bonchev–Trinajstić information content (AvgIpc) is 3.16. The van der Waals surface area contributed by atoms with E-state index < -0.39 is 11.6 Å². The minimum absolute atomic E-state index is 0. The van der Waals surface area contributed by atoms with Crippen LogP contribution >= 0.6 is 0 Å². The monoisotopic (exact) mass is 620 g/mol. The van der Waals surface area contributed by atoms with Crippen molar-refractivity contribution in [3.05, 3.63) is 103 Å². The number of rotatable bonds is 2. The molecule has 0 fully saturated rings. The van der Waals surface area contributed by atoms with E-state index in [1.54, 1.807) is 24.4 Å². The minimum Gasteiger partial charge on any atom is -0.344 e. The molecule has 33 heavy (non-hydrogen) atoms. The number of halogens is 2. The first kappa shape index (κ1) is 24.7. The van der Waals surface area contributed by atoms with E-state index in [2.05, 4.69) is 65.6 Å². The Labute approximate surface area is 205 Å². The molecule has 6 heteroatoms. The molecule has 0 saturated carbocycles. The number of hydrogen-bond acceptors (Lipinski definition) is 2. The van der Waals surface area contributed by atoms with Crippen LogP contribution in [-0.4, -0.2) is 14.4 Å². The second-order valence-electron chi connectivity index (χ2n) is 8.75. The second-order valence-corrected chi connectivity index (χ2v) is 8.75. The third-order valence-corrected chi connectivity index (χ3v) is 4.88. The van der Waals surface area contributed by atoms with Gasteiger partial charge in [-0.3, -0.25) is 13.8 Å². The Morgan fingerprint density at radius 2 is 1.82 bits per heavy atom. The maximum atomic E-state index is 13.2. The van der Waals surface area contributed by atoms with Crippen LogP contribution in [0.2, 0.25) is 0 Å². The predicted molar refractivity (Wildman–Crippen MR) is 123 cm³/mol. The summed E-state index contributed by atoms with van der Waals surface area (Å²) < 4.78 is 28.0. The standard InChI is InChI=1S/C16H17N2.C11H6F2N.Ir/c1-16(2,3)10-13-11-17-15-14-7-5-4-6-12(14)8-9-18(13)15;12-8-4-5-9(10(13)7-8)11-3-1-2-6-14-11;/h4-6,8-9,11H,10H2,1-3H3;1-4,6-7H;/q2*-1;. The topological polar surface area (TPSA) is 30.2 Å². The summed E-state index contributed by atoms with van der Waals surface area (Å²) in [4.78, 5) is 8.51. The minimum atomic E-state index is -0.649. The number of aromatic nitrogens is 3. The van der Waals surface area contributed by atoms with Gasteiger partial charge in [0.2, 0.25) is 0 Å². The normalized spacial score (nSPS) is 11.1. The van der Waals surface area contributed by atoms with E-state index in [9.17, 15) is 8.78 Å². The Morgan fingerprint density at radius 1 is 1.00 bits per heavy atom. The van der Waals surface area contributed by atoms with Gasteiger partial charge in [-0.15, -0.1) is 47.2 Å². The van der Waals surface area contributed by atoms with E-state index in [1.165, 1.54) is 11.1 Å². The molecule has 0 atom stereocenters. The molecular formula is C27H23F2IrN3-2. The number of benzene rings is 2. The van der Waals surface area contributed by atoms with Crippen molar-refractivity contribution in [1.82, 2.24) is 14.4 Å². The van der Waals surface area contributed by atoms with Crippen LogP contribution in [0.25, 0.3) is 27.7 Å². The first-order chi connectivity index (χ1) is 15.3. The zero-order valence-electron chi connectivity index (χ0n) is 18.6. The van der Waals surface area contributed by atoms with Crippen LogP contribution in [0.4, 0.5) is 8.78 Å². The van der Waals surface area contributed by atoms with Crippen LogP contribution in [-0.2, 0) is 26.5 Å². The number of hydrogen-bond donors (Lipinski definition) is 0. The fourth-order valence-corrected chi connectivity index (χ4v) is 3.51. The van der Waals surface area contributed by atoms with Crippen LogP contribution in [0.1, 0.15) is 26.5 Å². The van der Waals surface area contributed by atoms with Crippen LogP contribution in [0.3, 0.4) is 0 Å². The number of imidazole rings is 1. The fraction of sp³-hybridized carbons (Fsp3) is 0.185. The molecule has 0 unspecified atom stereocenters. The van der Waals surface area contributed by atoms with Crippen molar-refractivity contribution >= 4 is 16.4 Å². The Morgan fingerprint density at radius 3 is 2.52 bits per heavy atom. The summed E-state index contributed by atoms with van der Waals surface area (Å²) in [5.74, 6) is -1.29. The summed E-state index contributed by atoms with van der Waals surface area (Å²) in [5.41, 5.74) is 3.17. The summed E-state index contributed by atoms with van der Waals surface area (Å²) in [6.07, 6.45) is 6.67. The molecule has 3 aromatic heterocycles. The molecular weight excluding hydrogens is 597 g/mol. The summed E-state index contributed by atoms with van der Waals surface area (Å²) in [5, 5.41) is 2.29. The molecule has 2 aromatic carbocycles. The molecule has 3 nitrogen and oxygen atoms in total. The molecule has 0 N–H and O–H groups in total. The van der Waals surface area contributed by atoms with Crippen molar-refractivity contribution in [2.45, 2.75) is 27.2 Å². The molecule has 5 aromatic rings. The third-order valence-electron chi connectivity index (χ3n) is 4.88. The molecule has 3 heterocycles. The van der Waals surface area contributed by atoms with Gasteiger partial charge in [0.1, 0.15) is 0 Å². The van der Waals surface area contributed by atoms with Crippen LogP contribution < -0.4 is 0 Å². The molecule has 0 amide bonds. The molecule has 0 saturated heterocycles. The Bertz CT molecular complexity index is 1360. The number of fused-ring (bicyclic) bond motifs is 3. The molecule has 0 bridgehead atoms. The zero-order chi connectivity index (χ0) is 22.7. The van der Waals surface area contributed by atoms with Crippen molar-refractivity contribution in [2.24, 2.45) is 5.41 Å². The number of nitrogens with zero attached hydrogens (tertiary/aromatic N) is 3. The van der Waals surface area contributed by atoms with Gasteiger partial charge < -0.3 is 9.38 Å². The van der Waals surface area contributed by atoms with E-state index in [0.717, 1.165) is 29.6 Å². The molecule has 0 aliphatic rings. The van der Waals surface area contributed by atoms with E-state index in [-0.39, 0.29) is 31.1 Å².